The number of methoxy groups -OCH3 is 1. The van der Waals surface area contributed by atoms with Crippen LogP contribution < -0.4 is 15.4 Å². The number of amides is 2. The zero-order valence-corrected chi connectivity index (χ0v) is 25.1. The molecule has 6 rings (SSSR count). The number of carboxylic acid groups (broad SMARTS) is 1. The highest BCUT2D eigenvalue weighted by atomic mass is 19.1. The average molecular weight is 612 g/mol. The maximum atomic E-state index is 13.7. The Kier molecular flexibility index (Phi) is 8.09. The minimum Gasteiger partial charge on any atom is -0.481 e. The van der Waals surface area contributed by atoms with E-state index >= 15 is 0 Å². The molecular weight excluding hydrogens is 577 g/mol. The lowest BCUT2D eigenvalue weighted by molar-refractivity contribution is -0.131. The number of pyridine rings is 2. The highest BCUT2D eigenvalue weighted by Gasteiger charge is 2.46. The molecule has 10 nitrogen and oxygen atoms in total. The summed E-state index contributed by atoms with van der Waals surface area (Å²) in [5.74, 6) is -1.53. The summed E-state index contributed by atoms with van der Waals surface area (Å²) in [4.78, 5) is 46.7. The molecule has 2 aliphatic carbocycles. The number of nitrogens with zero attached hydrogens (tertiary/aromatic N) is 3. The average Bonchev–Trinajstić information content (AvgIpc) is 3.64. The molecule has 2 amide bonds. The van der Waals surface area contributed by atoms with E-state index in [1.165, 1.54) is 31.0 Å². The van der Waals surface area contributed by atoms with Crippen LogP contribution in [-0.2, 0) is 16.6 Å². The first-order chi connectivity index (χ1) is 21.7. The number of aliphatic carboxylic acids is 1. The standard InChI is InChI=1S/C34H34FN5O5/c1-40-26-18-22(8-12-24(26)29(20-6-3-4-7-20)30(40)25-13-11-23(35)19-36-25)31(43)39-34(16-5-17-34)33(44)38-27-14-9-21(10-15-28(41)42)32(37-27)45-2/h8-15,18-20H,3-7,16-17H2,1-2H3,(H,39,43)(H,41,42)(H,37,38,44)/b15-10+. The van der Waals surface area contributed by atoms with Crippen LogP contribution in [-0.4, -0.2) is 50.1 Å². The Morgan fingerprint density at radius 3 is 2.51 bits per heavy atom. The van der Waals surface area contributed by atoms with Crippen LogP contribution in [0, 0.1) is 5.82 Å². The van der Waals surface area contributed by atoms with Crippen molar-refractivity contribution in [2.45, 2.75) is 56.4 Å². The molecule has 2 fully saturated rings. The van der Waals surface area contributed by atoms with Crippen LogP contribution in [0.3, 0.4) is 0 Å². The predicted octanol–water partition coefficient (Wildman–Crippen LogP) is 5.83. The van der Waals surface area contributed by atoms with Gasteiger partial charge in [-0.2, -0.15) is 4.98 Å². The molecule has 1 aromatic carbocycles. The van der Waals surface area contributed by atoms with E-state index in [0.717, 1.165) is 54.8 Å². The van der Waals surface area contributed by atoms with E-state index in [-0.39, 0.29) is 17.6 Å². The zero-order valence-electron chi connectivity index (χ0n) is 25.1. The molecule has 0 aliphatic heterocycles. The molecule has 0 unspecified atom stereocenters. The number of nitrogens with one attached hydrogen (secondary N) is 2. The van der Waals surface area contributed by atoms with Gasteiger partial charge in [0.1, 0.15) is 17.2 Å². The third-order valence-electron chi connectivity index (χ3n) is 8.96. The van der Waals surface area contributed by atoms with Crippen LogP contribution in [0.5, 0.6) is 5.88 Å². The Morgan fingerprint density at radius 1 is 1.09 bits per heavy atom. The predicted molar refractivity (Wildman–Crippen MR) is 167 cm³/mol. The molecule has 3 heterocycles. The molecule has 0 saturated heterocycles. The second-order valence-electron chi connectivity index (χ2n) is 11.7. The third kappa shape index (κ3) is 5.77. The van der Waals surface area contributed by atoms with Gasteiger partial charge in [0.25, 0.3) is 11.8 Å². The summed E-state index contributed by atoms with van der Waals surface area (Å²) in [7, 11) is 3.34. The monoisotopic (exact) mass is 611 g/mol. The number of hydrogen-bond donors (Lipinski definition) is 3. The van der Waals surface area contributed by atoms with E-state index in [2.05, 4.69) is 20.6 Å². The number of rotatable bonds is 9. The topological polar surface area (TPSA) is 135 Å². The normalized spacial score (nSPS) is 16.1. The maximum absolute atomic E-state index is 13.7. The van der Waals surface area contributed by atoms with Gasteiger partial charge in [-0.1, -0.05) is 18.9 Å². The van der Waals surface area contributed by atoms with Gasteiger partial charge in [-0.15, -0.1) is 0 Å². The van der Waals surface area contributed by atoms with Gasteiger partial charge >= 0.3 is 5.97 Å². The number of carbonyl (C=O) groups excluding carboxylic acids is 2. The second kappa shape index (κ2) is 12.1. The molecule has 232 valence electrons. The minimum atomic E-state index is -1.11. The first-order valence-electron chi connectivity index (χ1n) is 15.0. The number of carbonyl (C=O) groups is 3. The molecule has 3 aromatic heterocycles. The first-order valence-corrected chi connectivity index (χ1v) is 15.0. The Labute approximate surface area is 259 Å². The fraction of sp³-hybridized carbons (Fsp3) is 0.324. The van der Waals surface area contributed by atoms with Crippen molar-refractivity contribution in [3.05, 3.63) is 77.2 Å². The van der Waals surface area contributed by atoms with Gasteiger partial charge in [-0.05, 0) is 86.1 Å². The van der Waals surface area contributed by atoms with E-state index in [0.29, 0.717) is 35.6 Å². The Balaban J connectivity index is 1.27. The number of benzene rings is 1. The van der Waals surface area contributed by atoms with Gasteiger partial charge in [-0.25, -0.2) is 9.18 Å². The smallest absolute Gasteiger partial charge is 0.328 e. The van der Waals surface area contributed by atoms with Crippen LogP contribution in [0.2, 0.25) is 0 Å². The van der Waals surface area contributed by atoms with Gasteiger partial charge in [0.2, 0.25) is 5.88 Å². The van der Waals surface area contributed by atoms with Crippen molar-refractivity contribution in [1.29, 1.82) is 0 Å². The summed E-state index contributed by atoms with van der Waals surface area (Å²) in [5, 5.41) is 15.7. The fourth-order valence-corrected chi connectivity index (χ4v) is 6.50. The number of anilines is 1. The first kappa shape index (κ1) is 30.0. The number of fused-ring (bicyclic) bond motifs is 1. The van der Waals surface area contributed by atoms with Gasteiger partial charge in [0, 0.05) is 35.2 Å². The molecule has 45 heavy (non-hydrogen) atoms. The molecule has 0 radical (unpaired) electrons. The quantitative estimate of drug-likeness (QED) is 0.203. The molecule has 3 N–H and O–H groups in total. The van der Waals surface area contributed by atoms with E-state index in [4.69, 9.17) is 9.84 Å². The number of carboxylic acids is 1. The Bertz CT molecular complexity index is 1820. The van der Waals surface area contributed by atoms with E-state index in [9.17, 15) is 18.8 Å². The van der Waals surface area contributed by atoms with Crippen molar-refractivity contribution in [3.8, 4) is 17.3 Å². The SMILES string of the molecule is COc1nc(NC(=O)C2(NC(=O)c3ccc4c(C5CCCC5)c(-c5ccc(F)cn5)n(C)c4c3)CCC2)ccc1/C=C/C(=O)O. The summed E-state index contributed by atoms with van der Waals surface area (Å²) in [6.45, 7) is 0. The largest absolute Gasteiger partial charge is 0.481 e. The van der Waals surface area contributed by atoms with Gasteiger partial charge in [-0.3, -0.25) is 14.6 Å². The molecule has 0 atom stereocenters. The molecule has 11 heteroatoms. The summed E-state index contributed by atoms with van der Waals surface area (Å²) in [6, 6.07) is 11.9. The number of aryl methyl sites for hydroxylation is 1. The van der Waals surface area contributed by atoms with E-state index in [1.807, 2.05) is 23.7 Å². The molecule has 0 spiro atoms. The third-order valence-corrected chi connectivity index (χ3v) is 8.96. The number of halogens is 1. The van der Waals surface area contributed by atoms with E-state index in [1.54, 1.807) is 24.3 Å². The summed E-state index contributed by atoms with van der Waals surface area (Å²) in [5.41, 5.74) is 3.42. The number of hydrogen-bond acceptors (Lipinski definition) is 6. The maximum Gasteiger partial charge on any atom is 0.328 e. The van der Waals surface area contributed by atoms with E-state index < -0.39 is 23.2 Å². The molecule has 2 aliphatic rings. The van der Waals surface area contributed by atoms with Crippen LogP contribution in [0.15, 0.2) is 54.7 Å². The van der Waals surface area contributed by atoms with Gasteiger partial charge in [0.15, 0.2) is 0 Å². The molecule has 2 saturated carbocycles. The van der Waals surface area contributed by atoms with Crippen molar-refractivity contribution in [2.24, 2.45) is 7.05 Å². The number of ether oxygens (including phenoxy) is 1. The van der Waals surface area contributed by atoms with Crippen LogP contribution in [0.1, 0.15) is 72.3 Å². The van der Waals surface area contributed by atoms with Crippen molar-refractivity contribution in [1.82, 2.24) is 19.9 Å². The minimum absolute atomic E-state index is 0.153. The molecule has 4 aromatic rings. The lowest BCUT2D eigenvalue weighted by Crippen LogP contribution is -2.61. The van der Waals surface area contributed by atoms with Crippen molar-refractivity contribution >= 4 is 40.6 Å². The summed E-state index contributed by atoms with van der Waals surface area (Å²) < 4.78 is 21.0. The second-order valence-corrected chi connectivity index (χ2v) is 11.7. The summed E-state index contributed by atoms with van der Waals surface area (Å²) in [6.07, 6.45) is 9.70. The van der Waals surface area contributed by atoms with Crippen molar-refractivity contribution in [2.75, 3.05) is 12.4 Å². The van der Waals surface area contributed by atoms with Crippen LogP contribution in [0.4, 0.5) is 10.2 Å². The highest BCUT2D eigenvalue weighted by molar-refractivity contribution is 6.06. The lowest BCUT2D eigenvalue weighted by Gasteiger charge is -2.40. The zero-order chi connectivity index (χ0) is 31.7. The van der Waals surface area contributed by atoms with Crippen molar-refractivity contribution in [3.63, 3.8) is 0 Å². The summed E-state index contributed by atoms with van der Waals surface area (Å²) >= 11 is 0. The Morgan fingerprint density at radius 2 is 1.87 bits per heavy atom. The van der Waals surface area contributed by atoms with Crippen molar-refractivity contribution < 1.29 is 28.6 Å². The lowest BCUT2D eigenvalue weighted by atomic mass is 9.75. The fourth-order valence-electron chi connectivity index (χ4n) is 6.50. The van der Waals surface area contributed by atoms with Crippen LogP contribution >= 0.6 is 0 Å². The van der Waals surface area contributed by atoms with Gasteiger partial charge in [0.05, 0.1) is 24.7 Å². The van der Waals surface area contributed by atoms with Crippen LogP contribution in [0.25, 0.3) is 28.4 Å². The molecule has 0 bridgehead atoms. The van der Waals surface area contributed by atoms with Gasteiger partial charge < -0.3 is 25.0 Å². The Hall–Kier alpha value is -5.06. The highest BCUT2D eigenvalue weighted by Crippen LogP contribution is 2.44. The number of aromatic nitrogens is 3. The molecular formula is C34H34FN5O5.